The SMILES string of the molecule is Cc1ccc2ccccc2n1.[C-]#[O+].[C-]#[O+].[C-]#[O+].[Cr]. The molecule has 0 aliphatic heterocycles. The van der Waals surface area contributed by atoms with Gasteiger partial charge in [0.1, 0.15) is 0 Å². The van der Waals surface area contributed by atoms with Crippen LogP contribution in [0, 0.1) is 26.9 Å². The van der Waals surface area contributed by atoms with E-state index in [1.165, 1.54) is 5.39 Å². The summed E-state index contributed by atoms with van der Waals surface area (Å²) in [6.45, 7) is 15.5. The van der Waals surface area contributed by atoms with Crippen molar-refractivity contribution in [3.63, 3.8) is 0 Å². The zero-order chi connectivity index (χ0) is 13.7. The van der Waals surface area contributed by atoms with Gasteiger partial charge in [0.25, 0.3) is 0 Å². The molecule has 4 nitrogen and oxygen atoms in total. The number of fused-ring (bicyclic) bond motifs is 1. The monoisotopic (exact) mass is 279 g/mol. The second kappa shape index (κ2) is 15.4. The molecule has 1 heterocycles. The average molecular weight is 279 g/mol. The third kappa shape index (κ3) is 7.62. The first-order valence-electron chi connectivity index (χ1n) is 4.30. The van der Waals surface area contributed by atoms with Gasteiger partial charge in [-0.2, -0.15) is 0 Å². The number of hydrogen-bond acceptors (Lipinski definition) is 1. The standard InChI is InChI=1S/C10H9N.3CO.Cr/c1-8-6-7-9-4-2-3-5-10(9)11-8;3*1-2;/h2-7H,1H3;;;;. The van der Waals surface area contributed by atoms with E-state index in [0.717, 1.165) is 11.2 Å². The molecule has 1 aromatic carbocycles. The summed E-state index contributed by atoms with van der Waals surface area (Å²) in [6.07, 6.45) is 0. The fraction of sp³-hybridized carbons (Fsp3) is 0.0769. The molecule has 0 radical (unpaired) electrons. The van der Waals surface area contributed by atoms with Crippen LogP contribution in [-0.2, 0) is 31.3 Å². The molecule has 0 spiro atoms. The van der Waals surface area contributed by atoms with E-state index in [4.69, 9.17) is 14.0 Å². The number of nitrogens with zero attached hydrogens (tertiary/aromatic N) is 1. The van der Waals surface area contributed by atoms with E-state index in [-0.39, 0.29) is 17.4 Å². The van der Waals surface area contributed by atoms with Gasteiger partial charge in [0.2, 0.25) is 0 Å². The Balaban J connectivity index is -0.000000285. The van der Waals surface area contributed by atoms with Crippen LogP contribution in [0.3, 0.4) is 0 Å². The minimum atomic E-state index is 0. The molecule has 0 fully saturated rings. The van der Waals surface area contributed by atoms with Crippen LogP contribution in [0.15, 0.2) is 36.4 Å². The smallest absolute Gasteiger partial charge is 0 e. The van der Waals surface area contributed by atoms with Crippen LogP contribution in [0.4, 0.5) is 0 Å². The van der Waals surface area contributed by atoms with Crippen molar-refractivity contribution >= 4 is 10.9 Å². The number of aryl methyl sites for hydroxylation is 1. The Morgan fingerprint density at radius 3 is 1.89 bits per heavy atom. The van der Waals surface area contributed by atoms with Crippen molar-refractivity contribution in [2.75, 3.05) is 0 Å². The third-order valence-electron chi connectivity index (χ3n) is 1.74. The zero-order valence-corrected chi connectivity index (χ0v) is 10.8. The summed E-state index contributed by atoms with van der Waals surface area (Å²) in [5, 5.41) is 1.21. The van der Waals surface area contributed by atoms with Gasteiger partial charge in [0.15, 0.2) is 0 Å². The number of aromatic nitrogens is 1. The molecule has 2 rings (SSSR count). The molecule has 90 valence electrons. The Hall–Kier alpha value is -1.62. The Morgan fingerprint density at radius 1 is 0.833 bits per heavy atom. The summed E-state index contributed by atoms with van der Waals surface area (Å²) in [5.74, 6) is 0. The molecule has 1 aromatic heterocycles. The molecule has 0 unspecified atom stereocenters. The van der Waals surface area contributed by atoms with Crippen LogP contribution in [0.1, 0.15) is 5.69 Å². The van der Waals surface area contributed by atoms with Crippen LogP contribution >= 0.6 is 0 Å². The summed E-state index contributed by atoms with van der Waals surface area (Å²) < 4.78 is 22.5. The molecular formula is C13H9CrNO3. The largest absolute Gasteiger partial charge is 0 e. The van der Waals surface area contributed by atoms with Gasteiger partial charge in [0, 0.05) is 28.4 Å². The minimum absolute atomic E-state index is 0. The van der Waals surface area contributed by atoms with E-state index in [0.29, 0.717) is 0 Å². The van der Waals surface area contributed by atoms with E-state index in [1.54, 1.807) is 0 Å². The molecular weight excluding hydrogens is 270 g/mol. The van der Waals surface area contributed by atoms with Gasteiger partial charge in [0.05, 0.1) is 5.52 Å². The van der Waals surface area contributed by atoms with E-state index in [2.05, 4.69) is 37.1 Å². The Bertz CT molecular complexity index is 492. The molecule has 18 heavy (non-hydrogen) atoms. The first kappa shape index (κ1) is 21.6. The summed E-state index contributed by atoms with van der Waals surface area (Å²) in [5.41, 5.74) is 2.15. The van der Waals surface area contributed by atoms with Crippen molar-refractivity contribution in [3.8, 4) is 0 Å². The summed E-state index contributed by atoms with van der Waals surface area (Å²) in [6, 6.07) is 12.3. The first-order valence-corrected chi connectivity index (χ1v) is 4.30. The number of para-hydroxylation sites is 1. The van der Waals surface area contributed by atoms with Crippen molar-refractivity contribution in [2.45, 2.75) is 6.92 Å². The molecule has 5 heteroatoms. The quantitative estimate of drug-likeness (QED) is 0.539. The molecule has 0 aliphatic rings. The van der Waals surface area contributed by atoms with Gasteiger partial charge in [-0.3, -0.25) is 4.98 Å². The van der Waals surface area contributed by atoms with Crippen LogP contribution in [0.25, 0.3) is 10.9 Å². The van der Waals surface area contributed by atoms with Crippen molar-refractivity contribution < 1.29 is 31.3 Å². The van der Waals surface area contributed by atoms with Crippen LogP contribution in [0.2, 0.25) is 0 Å². The van der Waals surface area contributed by atoms with Crippen LogP contribution in [-0.4, -0.2) is 4.98 Å². The maximum Gasteiger partial charge on any atom is 0 e. The number of rotatable bonds is 0. The second-order valence-electron chi connectivity index (χ2n) is 2.65. The first-order chi connectivity index (χ1) is 8.36. The van der Waals surface area contributed by atoms with Crippen molar-refractivity contribution in [1.29, 1.82) is 0 Å². The predicted octanol–water partition coefficient (Wildman–Crippen LogP) is 2.43. The molecule has 0 amide bonds. The van der Waals surface area contributed by atoms with Gasteiger partial charge in [-0.1, -0.05) is 24.3 Å². The Kier molecular flexibility index (Phi) is 18.5. The molecule has 0 N–H and O–H groups in total. The fourth-order valence-corrected chi connectivity index (χ4v) is 1.17. The van der Waals surface area contributed by atoms with Gasteiger partial charge < -0.3 is 0 Å². The predicted molar refractivity (Wildman–Crippen MR) is 58.3 cm³/mol. The van der Waals surface area contributed by atoms with Gasteiger partial charge in [-0.25, -0.2) is 0 Å². The topological polar surface area (TPSA) is 72.6 Å². The molecule has 0 bridgehead atoms. The van der Waals surface area contributed by atoms with Crippen LogP contribution < -0.4 is 0 Å². The number of hydrogen-bond donors (Lipinski definition) is 0. The number of pyridine rings is 1. The van der Waals surface area contributed by atoms with E-state index in [9.17, 15) is 0 Å². The molecule has 0 saturated heterocycles. The minimum Gasteiger partial charge on any atom is 0 e. The maximum absolute atomic E-state index is 7.50. The van der Waals surface area contributed by atoms with Gasteiger partial charge in [-0.15, -0.1) is 0 Å². The third-order valence-corrected chi connectivity index (χ3v) is 1.74. The van der Waals surface area contributed by atoms with Crippen LogP contribution in [0.5, 0.6) is 0 Å². The van der Waals surface area contributed by atoms with Crippen molar-refractivity contribution in [3.05, 3.63) is 62.0 Å². The van der Waals surface area contributed by atoms with E-state index < -0.39 is 0 Å². The van der Waals surface area contributed by atoms with Gasteiger partial charge in [-0.05, 0) is 19.1 Å². The average Bonchev–Trinajstić information content (AvgIpc) is 2.45. The Morgan fingerprint density at radius 2 is 1.33 bits per heavy atom. The zero-order valence-electron chi connectivity index (χ0n) is 9.54. The summed E-state index contributed by atoms with van der Waals surface area (Å²) in [4.78, 5) is 4.38. The second-order valence-corrected chi connectivity index (χ2v) is 2.65. The van der Waals surface area contributed by atoms with Gasteiger partial charge >= 0.3 is 33.9 Å². The summed E-state index contributed by atoms with van der Waals surface area (Å²) >= 11 is 0. The number of benzene rings is 1. The van der Waals surface area contributed by atoms with Crippen molar-refractivity contribution in [2.24, 2.45) is 0 Å². The summed E-state index contributed by atoms with van der Waals surface area (Å²) in [7, 11) is 0. The van der Waals surface area contributed by atoms with E-state index >= 15 is 0 Å². The normalized spacial score (nSPS) is 6.61. The molecule has 0 saturated carbocycles. The van der Waals surface area contributed by atoms with Crippen molar-refractivity contribution in [1.82, 2.24) is 4.98 Å². The maximum atomic E-state index is 7.50. The van der Waals surface area contributed by atoms with E-state index in [1.807, 2.05) is 31.2 Å². The Labute approximate surface area is 116 Å². The fourth-order valence-electron chi connectivity index (χ4n) is 1.17. The molecule has 2 aromatic rings. The molecule has 0 aliphatic carbocycles. The molecule has 0 atom stereocenters.